The van der Waals surface area contributed by atoms with Crippen molar-refractivity contribution in [2.45, 2.75) is 13.8 Å². The quantitative estimate of drug-likeness (QED) is 0.579. The van der Waals surface area contributed by atoms with Gasteiger partial charge in [-0.3, -0.25) is 0 Å². The van der Waals surface area contributed by atoms with Gasteiger partial charge in [0.05, 0.1) is 6.61 Å². The van der Waals surface area contributed by atoms with Gasteiger partial charge in [0.15, 0.2) is 0 Å². The fourth-order valence-electron chi connectivity index (χ4n) is 1.47. The Hall–Kier alpha value is -1.33. The SMILES string of the molecule is CC(C)COCCOc1ccc(Br)cc1/C=C/C(=O)O. The molecule has 0 atom stereocenters. The number of benzene rings is 1. The van der Waals surface area contributed by atoms with E-state index in [9.17, 15) is 4.79 Å². The van der Waals surface area contributed by atoms with E-state index in [0.29, 0.717) is 37.1 Å². The summed E-state index contributed by atoms with van der Waals surface area (Å²) in [4.78, 5) is 10.6. The highest BCUT2D eigenvalue weighted by atomic mass is 79.9. The second kappa shape index (κ2) is 8.76. The van der Waals surface area contributed by atoms with Gasteiger partial charge in [0, 0.05) is 22.7 Å². The van der Waals surface area contributed by atoms with E-state index in [-0.39, 0.29) is 0 Å². The molecule has 0 aromatic heterocycles. The summed E-state index contributed by atoms with van der Waals surface area (Å²) in [5, 5.41) is 8.67. The molecule has 0 spiro atoms. The lowest BCUT2D eigenvalue weighted by molar-refractivity contribution is -0.131. The number of hydrogen-bond donors (Lipinski definition) is 1. The normalized spacial score (nSPS) is 11.2. The predicted octanol–water partition coefficient (Wildman–Crippen LogP) is 3.60. The van der Waals surface area contributed by atoms with Crippen molar-refractivity contribution in [1.82, 2.24) is 0 Å². The van der Waals surface area contributed by atoms with Crippen LogP contribution in [0, 0.1) is 5.92 Å². The highest BCUT2D eigenvalue weighted by molar-refractivity contribution is 9.10. The molecule has 0 aliphatic carbocycles. The summed E-state index contributed by atoms with van der Waals surface area (Å²) in [6.07, 6.45) is 2.60. The zero-order valence-electron chi connectivity index (χ0n) is 11.6. The van der Waals surface area contributed by atoms with Crippen molar-refractivity contribution in [3.8, 4) is 5.75 Å². The molecule has 0 bridgehead atoms. The number of carboxylic acid groups (broad SMARTS) is 1. The monoisotopic (exact) mass is 342 g/mol. The lowest BCUT2D eigenvalue weighted by atomic mass is 10.2. The second-order valence-corrected chi connectivity index (χ2v) is 5.59. The maximum absolute atomic E-state index is 10.6. The number of hydrogen-bond acceptors (Lipinski definition) is 3. The highest BCUT2D eigenvalue weighted by Gasteiger charge is 2.03. The average molecular weight is 343 g/mol. The Kier molecular flexibility index (Phi) is 7.33. The lowest BCUT2D eigenvalue weighted by Crippen LogP contribution is -2.10. The molecule has 0 saturated heterocycles. The van der Waals surface area contributed by atoms with Gasteiger partial charge < -0.3 is 14.6 Å². The lowest BCUT2D eigenvalue weighted by Gasteiger charge is -2.11. The molecule has 1 aromatic carbocycles. The first kappa shape index (κ1) is 16.7. The number of aliphatic carboxylic acids is 1. The van der Waals surface area contributed by atoms with Crippen molar-refractivity contribution in [1.29, 1.82) is 0 Å². The minimum Gasteiger partial charge on any atom is -0.491 e. The first-order chi connectivity index (χ1) is 9.49. The van der Waals surface area contributed by atoms with Crippen LogP contribution in [0.15, 0.2) is 28.7 Å². The Bertz CT molecular complexity index is 469. The predicted molar refractivity (Wildman–Crippen MR) is 82.0 cm³/mol. The number of carboxylic acids is 1. The van der Waals surface area contributed by atoms with Crippen LogP contribution in [0.25, 0.3) is 6.08 Å². The number of halogens is 1. The van der Waals surface area contributed by atoms with E-state index < -0.39 is 5.97 Å². The summed E-state index contributed by atoms with van der Waals surface area (Å²) in [6, 6.07) is 5.46. The van der Waals surface area contributed by atoms with E-state index in [4.69, 9.17) is 14.6 Å². The molecule has 1 aromatic rings. The van der Waals surface area contributed by atoms with Gasteiger partial charge in [-0.05, 0) is 30.2 Å². The third kappa shape index (κ3) is 6.73. The topological polar surface area (TPSA) is 55.8 Å². The summed E-state index contributed by atoms with van der Waals surface area (Å²) < 4.78 is 11.9. The highest BCUT2D eigenvalue weighted by Crippen LogP contribution is 2.24. The van der Waals surface area contributed by atoms with Crippen LogP contribution in [0.5, 0.6) is 5.75 Å². The molecule has 20 heavy (non-hydrogen) atoms. The van der Waals surface area contributed by atoms with E-state index in [1.54, 1.807) is 6.07 Å². The van der Waals surface area contributed by atoms with Crippen LogP contribution in [0.2, 0.25) is 0 Å². The Morgan fingerprint density at radius 2 is 2.15 bits per heavy atom. The Morgan fingerprint density at radius 3 is 2.80 bits per heavy atom. The van der Waals surface area contributed by atoms with Gasteiger partial charge >= 0.3 is 5.97 Å². The maximum atomic E-state index is 10.6. The first-order valence-corrected chi connectivity index (χ1v) is 7.19. The van der Waals surface area contributed by atoms with Crippen molar-refractivity contribution >= 4 is 28.0 Å². The van der Waals surface area contributed by atoms with Crippen LogP contribution in [-0.2, 0) is 9.53 Å². The van der Waals surface area contributed by atoms with E-state index >= 15 is 0 Å². The molecule has 5 heteroatoms. The van der Waals surface area contributed by atoms with Gasteiger partial charge in [-0.15, -0.1) is 0 Å². The number of carbonyl (C=O) groups is 1. The Balaban J connectivity index is 2.58. The summed E-state index contributed by atoms with van der Waals surface area (Å²) in [5.41, 5.74) is 0.714. The Morgan fingerprint density at radius 1 is 1.40 bits per heavy atom. The zero-order chi connectivity index (χ0) is 15.0. The molecule has 110 valence electrons. The number of rotatable bonds is 8. The molecule has 0 heterocycles. The molecular formula is C15H19BrO4. The summed E-state index contributed by atoms with van der Waals surface area (Å²) in [7, 11) is 0. The molecule has 0 unspecified atom stereocenters. The third-order valence-corrected chi connectivity index (χ3v) is 2.81. The van der Waals surface area contributed by atoms with E-state index in [2.05, 4.69) is 29.8 Å². The maximum Gasteiger partial charge on any atom is 0.328 e. The van der Waals surface area contributed by atoms with Crippen LogP contribution in [0.3, 0.4) is 0 Å². The van der Waals surface area contributed by atoms with Crippen LogP contribution >= 0.6 is 15.9 Å². The third-order valence-electron chi connectivity index (χ3n) is 2.31. The van der Waals surface area contributed by atoms with Crippen molar-refractivity contribution in [3.63, 3.8) is 0 Å². The van der Waals surface area contributed by atoms with Crippen LogP contribution in [0.4, 0.5) is 0 Å². The molecule has 4 nitrogen and oxygen atoms in total. The summed E-state index contributed by atoms with van der Waals surface area (Å²) >= 11 is 3.35. The van der Waals surface area contributed by atoms with Gasteiger partial charge in [0.1, 0.15) is 12.4 Å². The Labute approximate surface area is 127 Å². The van der Waals surface area contributed by atoms with Crippen LogP contribution in [-0.4, -0.2) is 30.9 Å². The van der Waals surface area contributed by atoms with Crippen molar-refractivity contribution in [2.75, 3.05) is 19.8 Å². The minimum absolute atomic E-state index is 0.433. The van der Waals surface area contributed by atoms with Gasteiger partial charge in [-0.2, -0.15) is 0 Å². The van der Waals surface area contributed by atoms with Gasteiger partial charge in [0.2, 0.25) is 0 Å². The molecule has 1 rings (SSSR count). The standard InChI is InChI=1S/C15H19BrO4/c1-11(2)10-19-7-8-20-14-5-4-13(16)9-12(14)3-6-15(17)18/h3-6,9,11H,7-8,10H2,1-2H3,(H,17,18)/b6-3+. The zero-order valence-corrected chi connectivity index (χ0v) is 13.2. The smallest absolute Gasteiger partial charge is 0.328 e. The van der Waals surface area contributed by atoms with E-state index in [0.717, 1.165) is 10.5 Å². The van der Waals surface area contributed by atoms with Crippen molar-refractivity contribution in [3.05, 3.63) is 34.3 Å². The molecular weight excluding hydrogens is 324 g/mol. The molecule has 0 aliphatic heterocycles. The average Bonchev–Trinajstić information content (AvgIpc) is 2.37. The van der Waals surface area contributed by atoms with Gasteiger partial charge in [-0.1, -0.05) is 29.8 Å². The van der Waals surface area contributed by atoms with Gasteiger partial charge in [0.25, 0.3) is 0 Å². The fraction of sp³-hybridized carbons (Fsp3) is 0.400. The van der Waals surface area contributed by atoms with Crippen molar-refractivity contribution in [2.24, 2.45) is 5.92 Å². The first-order valence-electron chi connectivity index (χ1n) is 6.40. The second-order valence-electron chi connectivity index (χ2n) is 4.67. The van der Waals surface area contributed by atoms with Crippen LogP contribution < -0.4 is 4.74 Å². The molecule has 0 aliphatic rings. The van der Waals surface area contributed by atoms with E-state index in [1.807, 2.05) is 12.1 Å². The molecule has 0 radical (unpaired) electrons. The molecule has 0 fully saturated rings. The largest absolute Gasteiger partial charge is 0.491 e. The summed E-state index contributed by atoms with van der Waals surface area (Å²) in [5.74, 6) is 0.145. The van der Waals surface area contributed by atoms with Gasteiger partial charge in [-0.25, -0.2) is 4.79 Å². The van der Waals surface area contributed by atoms with E-state index in [1.165, 1.54) is 6.08 Å². The van der Waals surface area contributed by atoms with Crippen LogP contribution in [0.1, 0.15) is 19.4 Å². The summed E-state index contributed by atoms with van der Waals surface area (Å²) in [6.45, 7) is 5.82. The molecule has 0 saturated carbocycles. The minimum atomic E-state index is -0.990. The number of ether oxygens (including phenoxy) is 2. The fourth-order valence-corrected chi connectivity index (χ4v) is 1.85. The van der Waals surface area contributed by atoms with Crippen molar-refractivity contribution < 1.29 is 19.4 Å². The molecule has 1 N–H and O–H groups in total. The molecule has 0 amide bonds.